The van der Waals surface area contributed by atoms with Crippen LogP contribution >= 0.6 is 0 Å². The molecule has 188 valence electrons. The number of benzene rings is 2. The molecular weight excluding hydrogens is 472 g/mol. The lowest BCUT2D eigenvalue weighted by Gasteiger charge is -2.08. The molecule has 11 heteroatoms. The first kappa shape index (κ1) is 24.2. The van der Waals surface area contributed by atoms with Gasteiger partial charge in [0.1, 0.15) is 11.5 Å². The molecule has 0 atom stereocenters. The van der Waals surface area contributed by atoms with Crippen LogP contribution in [0.15, 0.2) is 0 Å². The summed E-state index contributed by atoms with van der Waals surface area (Å²) in [7, 11) is 2.82. The van der Waals surface area contributed by atoms with Crippen molar-refractivity contribution < 1.29 is 44.4 Å². The van der Waals surface area contributed by atoms with E-state index in [1.807, 2.05) is 0 Å². The van der Waals surface area contributed by atoms with Gasteiger partial charge >= 0.3 is 6.16 Å². The second-order valence-corrected chi connectivity index (χ2v) is 8.05. The highest BCUT2D eigenvalue weighted by atomic mass is 16.9. The van der Waals surface area contributed by atoms with Crippen LogP contribution in [0.2, 0.25) is 0 Å². The van der Waals surface area contributed by atoms with E-state index >= 15 is 0 Å². The van der Waals surface area contributed by atoms with E-state index < -0.39 is 29.7 Å². The van der Waals surface area contributed by atoms with Gasteiger partial charge in [0.15, 0.2) is 0 Å². The molecule has 0 radical (unpaired) electrons. The lowest BCUT2D eigenvalue weighted by molar-refractivity contribution is 0.0212. The predicted octanol–water partition coefficient (Wildman–Crippen LogP) is 0.371. The minimum atomic E-state index is -1.54. The van der Waals surface area contributed by atoms with Gasteiger partial charge in [-0.1, -0.05) is 26.3 Å². The summed E-state index contributed by atoms with van der Waals surface area (Å²) in [5.41, 5.74) is 1.11. The molecule has 11 nitrogen and oxygen atoms in total. The Labute approximate surface area is 203 Å². The van der Waals surface area contributed by atoms with Gasteiger partial charge in [0.05, 0.1) is 35.8 Å². The van der Waals surface area contributed by atoms with Crippen LogP contribution in [-0.4, -0.2) is 50.3 Å². The van der Waals surface area contributed by atoms with E-state index in [0.717, 1.165) is 0 Å². The van der Waals surface area contributed by atoms with Gasteiger partial charge in [-0.05, 0) is 35.4 Å². The van der Waals surface area contributed by atoms with Crippen LogP contribution in [0.5, 0.6) is 35.0 Å². The third kappa shape index (κ3) is 3.02. The van der Waals surface area contributed by atoms with E-state index in [9.17, 15) is 25.2 Å². The van der Waals surface area contributed by atoms with Crippen molar-refractivity contribution in [3.05, 3.63) is 32.0 Å². The Morgan fingerprint density at radius 2 is 0.889 bits per heavy atom. The Morgan fingerprint density at radius 1 is 0.611 bits per heavy atom. The molecule has 0 saturated carbocycles. The van der Waals surface area contributed by atoms with Crippen molar-refractivity contribution in [3.8, 4) is 35.0 Å². The van der Waals surface area contributed by atoms with E-state index in [4.69, 9.17) is 19.1 Å². The molecule has 2 aromatic carbocycles. The summed E-state index contributed by atoms with van der Waals surface area (Å²) in [6.45, 7) is 18.9. The number of rotatable bonds is 4. The average Bonchev–Trinajstić information content (AvgIpc) is 3.22. The number of fused-ring (bicyclic) bond motifs is 2. The SMILES string of the molecule is C=c1c(C)c(OC)c(=C)c2c(O)n(OC(=O)On3c(O)c4c(=C)c(C)c(OC)c(=C)c4c3O)c(O)c12. The molecule has 36 heavy (non-hydrogen) atoms. The van der Waals surface area contributed by atoms with Gasteiger partial charge in [-0.2, -0.15) is 4.79 Å². The van der Waals surface area contributed by atoms with Crippen molar-refractivity contribution in [1.82, 2.24) is 9.46 Å². The predicted molar refractivity (Wildman–Crippen MR) is 132 cm³/mol. The zero-order valence-corrected chi connectivity index (χ0v) is 20.1. The summed E-state index contributed by atoms with van der Waals surface area (Å²) in [5.74, 6) is -2.03. The first-order valence-corrected chi connectivity index (χ1v) is 10.4. The second-order valence-electron chi connectivity index (χ2n) is 8.05. The van der Waals surface area contributed by atoms with Crippen molar-refractivity contribution in [2.45, 2.75) is 13.8 Å². The summed E-state index contributed by atoms with van der Waals surface area (Å²) in [4.78, 5) is 22.6. The number of hydrogen-bond donors (Lipinski definition) is 4. The molecule has 0 fully saturated rings. The smallest absolute Gasteiger partial charge is 0.496 e. The lowest BCUT2D eigenvalue weighted by Crippen LogP contribution is -2.28. The first-order chi connectivity index (χ1) is 16.9. The second kappa shape index (κ2) is 8.08. The number of nitrogens with zero attached hydrogens (tertiary/aromatic N) is 2. The zero-order valence-electron chi connectivity index (χ0n) is 20.1. The van der Waals surface area contributed by atoms with Gasteiger partial charge in [-0.3, -0.25) is 9.68 Å². The van der Waals surface area contributed by atoms with E-state index in [2.05, 4.69) is 26.3 Å². The summed E-state index contributed by atoms with van der Waals surface area (Å²) in [6.07, 6.45) is -1.54. The van der Waals surface area contributed by atoms with Crippen LogP contribution in [0.25, 0.3) is 47.9 Å². The Bertz CT molecular complexity index is 1680. The van der Waals surface area contributed by atoms with Gasteiger partial charge in [0.2, 0.25) is 23.5 Å². The number of aromatic nitrogens is 2. The van der Waals surface area contributed by atoms with E-state index in [-0.39, 0.29) is 32.0 Å². The topological polar surface area (TPSA) is 145 Å². The number of aromatic hydroxyl groups is 4. The maximum atomic E-state index is 12.6. The minimum absolute atomic E-state index is 0.0381. The van der Waals surface area contributed by atoms with E-state index in [1.165, 1.54) is 14.2 Å². The average molecular weight is 496 g/mol. The van der Waals surface area contributed by atoms with Gasteiger partial charge in [-0.15, -0.1) is 9.46 Å². The number of methoxy groups -OCH3 is 2. The number of hydrogen-bond acceptors (Lipinski definition) is 9. The van der Waals surface area contributed by atoms with E-state index in [1.54, 1.807) is 13.8 Å². The maximum absolute atomic E-state index is 12.6. The molecular formula is C25H24N2O9. The Morgan fingerprint density at radius 3 is 1.17 bits per heavy atom. The summed E-state index contributed by atoms with van der Waals surface area (Å²) < 4.78 is 11.4. The molecule has 4 aromatic rings. The van der Waals surface area contributed by atoms with Crippen LogP contribution in [0, 0.1) is 13.8 Å². The van der Waals surface area contributed by atoms with Crippen LogP contribution in [-0.2, 0) is 0 Å². The normalized spacial score (nSPS) is 11.2. The van der Waals surface area contributed by atoms with Crippen LogP contribution in [0.1, 0.15) is 11.1 Å². The number of ether oxygens (including phenoxy) is 2. The Kier molecular flexibility index (Phi) is 5.43. The fraction of sp³-hybridized carbons (Fsp3) is 0.160. The van der Waals surface area contributed by atoms with E-state index in [0.29, 0.717) is 42.5 Å². The fourth-order valence-corrected chi connectivity index (χ4v) is 4.42. The molecule has 0 aliphatic rings. The lowest BCUT2D eigenvalue weighted by atomic mass is 10.0. The summed E-state index contributed by atoms with van der Waals surface area (Å²) in [6, 6.07) is 0. The summed E-state index contributed by atoms with van der Waals surface area (Å²) >= 11 is 0. The van der Waals surface area contributed by atoms with Crippen molar-refractivity contribution >= 4 is 54.0 Å². The largest absolute Gasteiger partial charge is 0.560 e. The standard InChI is InChI=1S/C25H24N2O9/c1-9-11(3)19(33-7)13(5)17-15(9)21(28)26(23(17)30)35-25(32)36-27-22(29)16-10(2)12(4)20(34-8)14(6)18(16)24(27)31/h28-31H,1-2,5-6H2,3-4,7-8H3. The molecule has 0 amide bonds. The number of carbonyl (C=O) groups excluding carboxylic acids is 1. The molecule has 0 spiro atoms. The van der Waals surface area contributed by atoms with Gasteiger partial charge in [-0.25, -0.2) is 0 Å². The maximum Gasteiger partial charge on any atom is 0.560 e. The fourth-order valence-electron chi connectivity index (χ4n) is 4.42. The van der Waals surface area contributed by atoms with Gasteiger partial charge in [0.25, 0.3) is 0 Å². The van der Waals surface area contributed by atoms with Crippen molar-refractivity contribution in [2.75, 3.05) is 14.2 Å². The van der Waals surface area contributed by atoms with Crippen LogP contribution in [0.4, 0.5) is 4.79 Å². The van der Waals surface area contributed by atoms with Gasteiger partial charge in [0, 0.05) is 10.4 Å². The highest BCUT2D eigenvalue weighted by Gasteiger charge is 2.27. The molecule has 0 bridgehead atoms. The summed E-state index contributed by atoms with van der Waals surface area (Å²) in [5, 5.41) is 44.1. The molecule has 4 N–H and O–H groups in total. The third-order valence-electron chi connectivity index (χ3n) is 6.25. The minimum Gasteiger partial charge on any atom is -0.496 e. The van der Waals surface area contributed by atoms with Crippen LogP contribution < -0.4 is 40.0 Å². The highest BCUT2D eigenvalue weighted by molar-refractivity contribution is 5.97. The number of carbonyl (C=O) groups is 1. The molecule has 0 aliphatic heterocycles. The molecule has 0 saturated heterocycles. The molecule has 2 aromatic heterocycles. The molecule has 2 heterocycles. The van der Waals surface area contributed by atoms with Crippen LogP contribution in [0.3, 0.4) is 0 Å². The van der Waals surface area contributed by atoms with Crippen molar-refractivity contribution in [2.24, 2.45) is 0 Å². The van der Waals surface area contributed by atoms with Crippen molar-refractivity contribution in [1.29, 1.82) is 0 Å². The zero-order chi connectivity index (χ0) is 26.8. The molecule has 4 rings (SSSR count). The van der Waals surface area contributed by atoms with Gasteiger partial charge < -0.3 is 29.9 Å². The molecule has 0 aliphatic carbocycles. The quantitative estimate of drug-likeness (QED) is 0.315. The molecule has 0 unspecified atom stereocenters. The monoisotopic (exact) mass is 496 g/mol. The highest BCUT2D eigenvalue weighted by Crippen LogP contribution is 2.34. The van der Waals surface area contributed by atoms with Crippen molar-refractivity contribution in [3.63, 3.8) is 0 Å². The third-order valence-corrected chi connectivity index (χ3v) is 6.25. The first-order valence-electron chi connectivity index (χ1n) is 10.4. The Balaban J connectivity index is 1.82. The Hall–Kier alpha value is -4.93.